The van der Waals surface area contributed by atoms with E-state index < -0.39 is 0 Å². The number of carbonyl (C=O) groups is 1. The summed E-state index contributed by atoms with van der Waals surface area (Å²) in [5, 5.41) is 0. The van der Waals surface area contributed by atoms with Gasteiger partial charge in [-0.05, 0) is 50.0 Å². The second-order valence-corrected chi connectivity index (χ2v) is 7.09. The molecule has 0 N–H and O–H groups in total. The van der Waals surface area contributed by atoms with E-state index in [2.05, 4.69) is 11.8 Å². The van der Waals surface area contributed by atoms with Crippen LogP contribution in [-0.4, -0.2) is 29.5 Å². The largest absolute Gasteiger partial charge is 0.367 e. The van der Waals surface area contributed by atoms with Crippen LogP contribution in [0.4, 0.5) is 0 Å². The van der Waals surface area contributed by atoms with Gasteiger partial charge in [0.15, 0.2) is 0 Å². The van der Waals surface area contributed by atoms with Crippen molar-refractivity contribution in [2.75, 3.05) is 6.61 Å². The lowest BCUT2D eigenvalue weighted by molar-refractivity contribution is -0.140. The highest BCUT2D eigenvalue weighted by Crippen LogP contribution is 2.36. The third-order valence-corrected chi connectivity index (χ3v) is 5.35. The molecular weight excluding hydrogens is 286 g/mol. The second-order valence-electron chi connectivity index (χ2n) is 7.09. The number of benzene rings is 1. The van der Waals surface area contributed by atoms with Gasteiger partial charge in [-0.3, -0.25) is 4.79 Å². The van der Waals surface area contributed by atoms with Gasteiger partial charge in [-0.1, -0.05) is 43.7 Å². The summed E-state index contributed by atoms with van der Waals surface area (Å²) < 4.78 is 5.68. The average Bonchev–Trinajstić information content (AvgIpc) is 3.41. The molecule has 3 nitrogen and oxygen atoms in total. The molecule has 0 aromatic heterocycles. The summed E-state index contributed by atoms with van der Waals surface area (Å²) in [6.45, 7) is 3.03. The van der Waals surface area contributed by atoms with Crippen LogP contribution in [0.3, 0.4) is 0 Å². The molecule has 23 heavy (non-hydrogen) atoms. The predicted molar refractivity (Wildman–Crippen MR) is 92.0 cm³/mol. The van der Waals surface area contributed by atoms with Crippen LogP contribution in [0.15, 0.2) is 30.3 Å². The smallest absolute Gasteiger partial charge is 0.249 e. The van der Waals surface area contributed by atoms with E-state index >= 15 is 0 Å². The second kappa shape index (κ2) is 7.96. The molecule has 0 aliphatic heterocycles. The zero-order chi connectivity index (χ0) is 16.1. The van der Waals surface area contributed by atoms with Crippen molar-refractivity contribution in [3.63, 3.8) is 0 Å². The molecule has 0 atom stereocenters. The molecule has 1 aromatic carbocycles. The van der Waals surface area contributed by atoms with Crippen molar-refractivity contribution in [2.24, 2.45) is 5.92 Å². The molecule has 1 aromatic rings. The standard InChI is InChI=1S/C20H29NO2/c1-2-16-8-10-18(11-9-16)21(19-12-13-19)20(22)15-23-14-17-6-4-3-5-7-17/h3-7,16,18-19H,2,8-15H2,1H3. The van der Waals surface area contributed by atoms with Gasteiger partial charge >= 0.3 is 0 Å². The lowest BCUT2D eigenvalue weighted by atomic mass is 9.84. The number of rotatable bonds is 7. The Labute approximate surface area is 140 Å². The average molecular weight is 315 g/mol. The zero-order valence-corrected chi connectivity index (χ0v) is 14.2. The lowest BCUT2D eigenvalue weighted by Gasteiger charge is -2.37. The van der Waals surface area contributed by atoms with Crippen LogP contribution in [0.1, 0.15) is 57.4 Å². The van der Waals surface area contributed by atoms with Crippen molar-refractivity contribution < 1.29 is 9.53 Å². The highest BCUT2D eigenvalue weighted by atomic mass is 16.5. The van der Waals surface area contributed by atoms with Gasteiger partial charge in [0, 0.05) is 12.1 Å². The highest BCUT2D eigenvalue weighted by molar-refractivity contribution is 5.78. The minimum Gasteiger partial charge on any atom is -0.367 e. The Bertz CT molecular complexity index is 490. The summed E-state index contributed by atoms with van der Waals surface area (Å²) in [7, 11) is 0. The Morgan fingerprint density at radius 3 is 2.22 bits per heavy atom. The van der Waals surface area contributed by atoms with Crippen LogP contribution in [0.25, 0.3) is 0 Å². The molecule has 0 saturated heterocycles. The van der Waals surface area contributed by atoms with Gasteiger partial charge < -0.3 is 9.64 Å². The van der Waals surface area contributed by atoms with Gasteiger partial charge in [0.1, 0.15) is 6.61 Å². The monoisotopic (exact) mass is 315 g/mol. The Morgan fingerprint density at radius 2 is 1.65 bits per heavy atom. The van der Waals surface area contributed by atoms with E-state index in [9.17, 15) is 4.79 Å². The Morgan fingerprint density at radius 1 is 1.04 bits per heavy atom. The van der Waals surface area contributed by atoms with E-state index in [0.29, 0.717) is 18.7 Å². The van der Waals surface area contributed by atoms with Gasteiger partial charge in [0.05, 0.1) is 6.61 Å². The molecule has 2 saturated carbocycles. The fraction of sp³-hybridized carbons (Fsp3) is 0.650. The third kappa shape index (κ3) is 4.57. The summed E-state index contributed by atoms with van der Waals surface area (Å²) in [5.41, 5.74) is 1.13. The topological polar surface area (TPSA) is 29.5 Å². The van der Waals surface area contributed by atoms with E-state index in [4.69, 9.17) is 4.74 Å². The first kappa shape index (κ1) is 16.5. The third-order valence-electron chi connectivity index (χ3n) is 5.35. The molecule has 0 radical (unpaired) electrons. The number of hydrogen-bond donors (Lipinski definition) is 0. The van der Waals surface area contributed by atoms with Crippen LogP contribution in [0.2, 0.25) is 0 Å². The van der Waals surface area contributed by atoms with E-state index in [1.807, 2.05) is 30.3 Å². The quantitative estimate of drug-likeness (QED) is 0.756. The molecule has 3 rings (SSSR count). The van der Waals surface area contributed by atoms with Crippen LogP contribution in [-0.2, 0) is 16.1 Å². The van der Waals surface area contributed by atoms with Gasteiger partial charge in [-0.25, -0.2) is 0 Å². The Balaban J connectivity index is 1.49. The zero-order valence-electron chi connectivity index (χ0n) is 14.2. The highest BCUT2D eigenvalue weighted by Gasteiger charge is 2.38. The fourth-order valence-electron chi connectivity index (χ4n) is 3.79. The van der Waals surface area contributed by atoms with Gasteiger partial charge in [-0.15, -0.1) is 0 Å². The van der Waals surface area contributed by atoms with Crippen LogP contribution >= 0.6 is 0 Å². The maximum atomic E-state index is 12.7. The fourth-order valence-corrected chi connectivity index (χ4v) is 3.79. The van der Waals surface area contributed by atoms with Gasteiger partial charge in [0.25, 0.3) is 0 Å². The van der Waals surface area contributed by atoms with E-state index in [1.165, 1.54) is 44.9 Å². The number of hydrogen-bond acceptors (Lipinski definition) is 2. The first-order valence-electron chi connectivity index (χ1n) is 9.20. The molecule has 2 aliphatic rings. The number of carbonyl (C=O) groups excluding carboxylic acids is 1. The Hall–Kier alpha value is -1.35. The summed E-state index contributed by atoms with van der Waals surface area (Å²) in [5.74, 6) is 1.07. The molecule has 0 unspecified atom stereocenters. The first-order valence-corrected chi connectivity index (χ1v) is 9.20. The van der Waals surface area contributed by atoms with E-state index in [-0.39, 0.29) is 12.5 Å². The van der Waals surface area contributed by atoms with Crippen LogP contribution in [0.5, 0.6) is 0 Å². The summed E-state index contributed by atoms with van der Waals surface area (Å²) >= 11 is 0. The molecule has 0 bridgehead atoms. The van der Waals surface area contributed by atoms with Crippen molar-refractivity contribution in [1.82, 2.24) is 4.90 Å². The molecule has 1 amide bonds. The van der Waals surface area contributed by atoms with Gasteiger partial charge in [0.2, 0.25) is 5.91 Å². The number of nitrogens with zero attached hydrogens (tertiary/aromatic N) is 1. The van der Waals surface area contributed by atoms with Gasteiger partial charge in [-0.2, -0.15) is 0 Å². The molecule has 126 valence electrons. The lowest BCUT2D eigenvalue weighted by Crippen LogP contribution is -2.45. The maximum Gasteiger partial charge on any atom is 0.249 e. The van der Waals surface area contributed by atoms with E-state index in [0.717, 1.165) is 11.5 Å². The molecular formula is C20H29NO2. The van der Waals surface area contributed by atoms with Crippen molar-refractivity contribution in [3.8, 4) is 0 Å². The summed E-state index contributed by atoms with van der Waals surface area (Å²) in [4.78, 5) is 14.8. The van der Waals surface area contributed by atoms with Crippen molar-refractivity contribution in [1.29, 1.82) is 0 Å². The predicted octanol–water partition coefficient (Wildman–Crippen LogP) is 4.16. The minimum absolute atomic E-state index is 0.198. The molecule has 2 fully saturated rings. The maximum absolute atomic E-state index is 12.7. The first-order chi connectivity index (χ1) is 11.3. The van der Waals surface area contributed by atoms with Crippen molar-refractivity contribution >= 4 is 5.91 Å². The molecule has 0 heterocycles. The molecule has 0 spiro atoms. The minimum atomic E-state index is 0.198. The Kier molecular flexibility index (Phi) is 5.71. The number of ether oxygens (including phenoxy) is 1. The SMILES string of the molecule is CCC1CCC(N(C(=O)COCc2ccccc2)C2CC2)CC1. The van der Waals surface area contributed by atoms with Crippen LogP contribution in [0, 0.1) is 5.92 Å². The van der Waals surface area contributed by atoms with E-state index in [1.54, 1.807) is 0 Å². The normalized spacial score (nSPS) is 24.4. The summed E-state index contributed by atoms with van der Waals surface area (Å²) in [6.07, 6.45) is 8.56. The summed E-state index contributed by atoms with van der Waals surface area (Å²) in [6, 6.07) is 11.0. The van der Waals surface area contributed by atoms with Crippen molar-refractivity contribution in [3.05, 3.63) is 35.9 Å². The van der Waals surface area contributed by atoms with Crippen LogP contribution < -0.4 is 0 Å². The van der Waals surface area contributed by atoms with Crippen molar-refractivity contribution in [2.45, 2.75) is 70.6 Å². The molecule has 3 heteroatoms. The number of amides is 1. The molecule has 2 aliphatic carbocycles.